The van der Waals surface area contributed by atoms with Gasteiger partial charge in [-0.1, -0.05) is 18.0 Å². The summed E-state index contributed by atoms with van der Waals surface area (Å²) >= 11 is 7.16. The summed E-state index contributed by atoms with van der Waals surface area (Å²) in [7, 11) is 0. The number of carboxylic acid groups (broad SMARTS) is 1. The van der Waals surface area contributed by atoms with Crippen LogP contribution in [-0.2, 0) is 4.79 Å². The normalized spacial score (nSPS) is 18.1. The first-order valence-electron chi connectivity index (χ1n) is 5.38. The van der Waals surface area contributed by atoms with E-state index < -0.39 is 11.9 Å². The van der Waals surface area contributed by atoms with Gasteiger partial charge in [0.2, 0.25) is 0 Å². The van der Waals surface area contributed by atoms with Crippen LogP contribution in [0.1, 0.15) is 30.1 Å². The summed E-state index contributed by atoms with van der Waals surface area (Å²) in [5, 5.41) is 12.5. The van der Waals surface area contributed by atoms with E-state index in [0.29, 0.717) is 16.9 Å². The van der Waals surface area contributed by atoms with Crippen molar-refractivity contribution in [3.05, 3.63) is 21.3 Å². The van der Waals surface area contributed by atoms with Crippen molar-refractivity contribution < 1.29 is 9.90 Å². The van der Waals surface area contributed by atoms with Crippen molar-refractivity contribution in [2.75, 3.05) is 6.54 Å². The van der Waals surface area contributed by atoms with Crippen LogP contribution in [0.25, 0.3) is 0 Å². The number of nitrogens with one attached hydrogen (secondary N) is 1. The molecular formula is C11H14ClNO2S. The highest BCUT2D eigenvalue weighted by Crippen LogP contribution is 2.29. The third-order valence-electron chi connectivity index (χ3n) is 2.95. The van der Waals surface area contributed by atoms with Crippen LogP contribution in [0.3, 0.4) is 0 Å². The van der Waals surface area contributed by atoms with Crippen molar-refractivity contribution in [1.82, 2.24) is 5.32 Å². The lowest BCUT2D eigenvalue weighted by molar-refractivity contribution is -0.138. The van der Waals surface area contributed by atoms with E-state index in [1.165, 1.54) is 17.8 Å². The number of thiophene rings is 1. The number of carbonyl (C=O) groups is 1. The highest BCUT2D eigenvalue weighted by Gasteiger charge is 2.24. The second-order valence-corrected chi connectivity index (χ2v) is 5.82. The molecule has 0 radical (unpaired) electrons. The molecule has 1 atom stereocenters. The first-order chi connectivity index (χ1) is 7.66. The van der Waals surface area contributed by atoms with Gasteiger partial charge in [-0.15, -0.1) is 11.3 Å². The van der Waals surface area contributed by atoms with Crippen molar-refractivity contribution in [1.29, 1.82) is 0 Å². The number of carboxylic acids is 1. The van der Waals surface area contributed by atoms with E-state index in [-0.39, 0.29) is 0 Å². The maximum absolute atomic E-state index is 11.2. The van der Waals surface area contributed by atoms with E-state index in [1.807, 2.05) is 0 Å². The van der Waals surface area contributed by atoms with Crippen molar-refractivity contribution in [2.45, 2.75) is 31.2 Å². The molecule has 1 unspecified atom stereocenters. The molecule has 88 valence electrons. The highest BCUT2D eigenvalue weighted by molar-refractivity contribution is 7.16. The maximum Gasteiger partial charge on any atom is 0.313 e. The third-order valence-corrected chi connectivity index (χ3v) is 4.30. The van der Waals surface area contributed by atoms with Crippen molar-refractivity contribution in [3.63, 3.8) is 0 Å². The predicted octanol–water partition coefficient (Wildman–Crippen LogP) is 2.71. The Labute approximate surface area is 103 Å². The Balaban J connectivity index is 1.96. The highest BCUT2D eigenvalue weighted by atomic mass is 35.5. The number of aliphatic carboxylic acids is 1. The molecule has 3 nitrogen and oxygen atoms in total. The third kappa shape index (κ3) is 2.75. The number of hydrogen-bond acceptors (Lipinski definition) is 3. The molecule has 1 aliphatic rings. The molecule has 1 fully saturated rings. The molecule has 1 aliphatic carbocycles. The molecule has 5 heteroatoms. The molecule has 2 N–H and O–H groups in total. The largest absolute Gasteiger partial charge is 0.481 e. The minimum Gasteiger partial charge on any atom is -0.481 e. The SMILES string of the molecule is O=C(O)C(CNC1CCC1)c1ccc(Cl)s1. The summed E-state index contributed by atoms with van der Waals surface area (Å²) < 4.78 is 0.643. The summed E-state index contributed by atoms with van der Waals surface area (Å²) in [4.78, 5) is 12.0. The van der Waals surface area contributed by atoms with E-state index >= 15 is 0 Å². The second-order valence-electron chi connectivity index (χ2n) is 4.07. The van der Waals surface area contributed by atoms with Gasteiger partial charge in [0, 0.05) is 17.5 Å². The molecular weight excluding hydrogens is 246 g/mol. The van der Waals surface area contributed by atoms with Crippen LogP contribution in [-0.4, -0.2) is 23.7 Å². The van der Waals surface area contributed by atoms with Crippen LogP contribution < -0.4 is 5.32 Å². The molecule has 0 amide bonds. The first kappa shape index (κ1) is 11.9. The molecule has 1 saturated carbocycles. The average molecular weight is 260 g/mol. The number of hydrogen-bond donors (Lipinski definition) is 2. The summed E-state index contributed by atoms with van der Waals surface area (Å²) in [6, 6.07) is 4.06. The van der Waals surface area contributed by atoms with Gasteiger partial charge in [-0.25, -0.2) is 0 Å². The fraction of sp³-hybridized carbons (Fsp3) is 0.545. The van der Waals surface area contributed by atoms with E-state index in [0.717, 1.165) is 17.7 Å². The fourth-order valence-electron chi connectivity index (χ4n) is 1.72. The predicted molar refractivity (Wildman–Crippen MR) is 65.3 cm³/mol. The molecule has 0 spiro atoms. The molecule has 1 heterocycles. The van der Waals surface area contributed by atoms with Gasteiger partial charge in [-0.2, -0.15) is 0 Å². The molecule has 1 aromatic rings. The lowest BCUT2D eigenvalue weighted by atomic mass is 9.92. The average Bonchev–Trinajstić information content (AvgIpc) is 2.55. The van der Waals surface area contributed by atoms with Crippen LogP contribution in [0.4, 0.5) is 0 Å². The summed E-state index contributed by atoms with van der Waals surface area (Å²) in [5.41, 5.74) is 0. The van der Waals surface area contributed by atoms with Crippen LogP contribution >= 0.6 is 22.9 Å². The Hall–Kier alpha value is -0.580. The van der Waals surface area contributed by atoms with E-state index in [1.54, 1.807) is 12.1 Å². The van der Waals surface area contributed by atoms with E-state index in [2.05, 4.69) is 5.32 Å². The Morgan fingerprint density at radius 2 is 2.38 bits per heavy atom. The number of halogens is 1. The fourth-order valence-corrected chi connectivity index (χ4v) is 2.88. The smallest absolute Gasteiger partial charge is 0.313 e. The Bertz CT molecular complexity index is 376. The second kappa shape index (κ2) is 5.17. The Kier molecular flexibility index (Phi) is 3.84. The standard InChI is InChI=1S/C11H14ClNO2S/c12-10-5-4-9(16-10)8(11(14)15)6-13-7-2-1-3-7/h4-5,7-8,13H,1-3,6H2,(H,14,15). The Morgan fingerprint density at radius 3 is 2.81 bits per heavy atom. The zero-order chi connectivity index (χ0) is 11.5. The monoisotopic (exact) mass is 259 g/mol. The number of rotatable bonds is 5. The molecule has 2 rings (SSSR count). The van der Waals surface area contributed by atoms with E-state index in [4.69, 9.17) is 16.7 Å². The van der Waals surface area contributed by atoms with Gasteiger partial charge in [-0.3, -0.25) is 4.79 Å². The van der Waals surface area contributed by atoms with Crippen LogP contribution in [0, 0.1) is 0 Å². The molecule has 0 saturated heterocycles. The molecule has 1 aromatic heterocycles. The minimum absolute atomic E-state index is 0.474. The zero-order valence-electron chi connectivity index (χ0n) is 8.78. The molecule has 0 aliphatic heterocycles. The van der Waals surface area contributed by atoms with Gasteiger partial charge in [0.05, 0.1) is 4.34 Å². The zero-order valence-corrected chi connectivity index (χ0v) is 10.4. The molecule has 16 heavy (non-hydrogen) atoms. The van der Waals surface area contributed by atoms with Crippen LogP contribution in [0.5, 0.6) is 0 Å². The van der Waals surface area contributed by atoms with Gasteiger partial charge < -0.3 is 10.4 Å². The maximum atomic E-state index is 11.2. The summed E-state index contributed by atoms with van der Waals surface area (Å²) in [6.07, 6.45) is 3.58. The lowest BCUT2D eigenvalue weighted by Crippen LogP contribution is -2.39. The van der Waals surface area contributed by atoms with Crippen LogP contribution in [0.2, 0.25) is 4.34 Å². The van der Waals surface area contributed by atoms with Crippen molar-refractivity contribution in [3.8, 4) is 0 Å². The summed E-state index contributed by atoms with van der Waals surface area (Å²) in [6.45, 7) is 0.497. The van der Waals surface area contributed by atoms with Gasteiger partial charge >= 0.3 is 5.97 Å². The van der Waals surface area contributed by atoms with Gasteiger partial charge in [-0.05, 0) is 25.0 Å². The van der Waals surface area contributed by atoms with Crippen molar-refractivity contribution in [2.24, 2.45) is 0 Å². The quantitative estimate of drug-likeness (QED) is 0.855. The van der Waals surface area contributed by atoms with Gasteiger partial charge in [0.25, 0.3) is 0 Å². The van der Waals surface area contributed by atoms with Crippen LogP contribution in [0.15, 0.2) is 12.1 Å². The lowest BCUT2D eigenvalue weighted by Gasteiger charge is -2.27. The first-order valence-corrected chi connectivity index (χ1v) is 6.57. The topological polar surface area (TPSA) is 49.3 Å². The molecule has 0 aromatic carbocycles. The van der Waals surface area contributed by atoms with E-state index in [9.17, 15) is 4.79 Å². The summed E-state index contributed by atoms with van der Waals surface area (Å²) in [5.74, 6) is -1.26. The van der Waals surface area contributed by atoms with Gasteiger partial charge in [0.1, 0.15) is 5.92 Å². The minimum atomic E-state index is -0.787. The van der Waals surface area contributed by atoms with Gasteiger partial charge in [0.15, 0.2) is 0 Å². The van der Waals surface area contributed by atoms with Crippen molar-refractivity contribution >= 4 is 28.9 Å². The molecule has 0 bridgehead atoms. The Morgan fingerprint density at radius 1 is 1.62 bits per heavy atom.